The fourth-order valence-corrected chi connectivity index (χ4v) is 1.89. The minimum absolute atomic E-state index is 0.0751. The van der Waals surface area contributed by atoms with Crippen molar-refractivity contribution in [1.82, 2.24) is 10.6 Å². The molecule has 19 heavy (non-hydrogen) atoms. The summed E-state index contributed by atoms with van der Waals surface area (Å²) in [6.45, 7) is 9.20. The molecule has 0 saturated heterocycles. The molecule has 3 heteroatoms. The highest BCUT2D eigenvalue weighted by atomic mass is 16.1. The van der Waals surface area contributed by atoms with Gasteiger partial charge in [-0.2, -0.15) is 0 Å². The summed E-state index contributed by atoms with van der Waals surface area (Å²) in [4.78, 5) is 11.8. The Kier molecular flexibility index (Phi) is 6.57. The molecule has 0 aliphatic carbocycles. The first-order valence-corrected chi connectivity index (χ1v) is 7.08. The molecule has 0 radical (unpaired) electrons. The number of hydrogen-bond donors (Lipinski definition) is 2. The number of benzene rings is 1. The first kappa shape index (κ1) is 15.7. The molecule has 0 aliphatic heterocycles. The van der Waals surface area contributed by atoms with Gasteiger partial charge in [-0.3, -0.25) is 4.79 Å². The number of carbonyl (C=O) groups is 1. The van der Waals surface area contributed by atoms with E-state index in [1.165, 1.54) is 5.56 Å². The summed E-state index contributed by atoms with van der Waals surface area (Å²) in [5, 5.41) is 6.35. The Morgan fingerprint density at radius 2 is 1.79 bits per heavy atom. The molecule has 0 aliphatic rings. The molecular weight excluding hydrogens is 236 g/mol. The van der Waals surface area contributed by atoms with E-state index in [0.717, 1.165) is 18.5 Å². The van der Waals surface area contributed by atoms with Crippen LogP contribution < -0.4 is 10.6 Å². The van der Waals surface area contributed by atoms with Crippen molar-refractivity contribution in [3.8, 4) is 0 Å². The molecule has 1 amide bonds. The monoisotopic (exact) mass is 262 g/mol. The number of hydrogen-bond acceptors (Lipinski definition) is 2. The predicted octanol–water partition coefficient (Wildman–Crippen LogP) is 2.95. The quantitative estimate of drug-likeness (QED) is 0.742. The van der Waals surface area contributed by atoms with E-state index in [-0.39, 0.29) is 11.9 Å². The Bertz CT molecular complexity index is 384. The highest BCUT2D eigenvalue weighted by molar-refractivity contribution is 5.76. The zero-order valence-corrected chi connectivity index (χ0v) is 12.5. The molecular formula is C16H26N2O. The van der Waals surface area contributed by atoms with Crippen LogP contribution >= 0.6 is 0 Å². The van der Waals surface area contributed by atoms with Gasteiger partial charge < -0.3 is 10.6 Å². The Morgan fingerprint density at radius 3 is 2.37 bits per heavy atom. The second kappa shape index (κ2) is 7.95. The summed E-state index contributed by atoms with van der Waals surface area (Å²) in [6.07, 6.45) is 1.46. The summed E-state index contributed by atoms with van der Waals surface area (Å²) in [5.74, 6) is 0.124. The fourth-order valence-electron chi connectivity index (χ4n) is 1.89. The minimum atomic E-state index is 0.0751. The third-order valence-corrected chi connectivity index (χ3v) is 3.09. The van der Waals surface area contributed by atoms with Crippen molar-refractivity contribution < 1.29 is 4.79 Å². The smallest absolute Gasteiger partial charge is 0.220 e. The Morgan fingerprint density at radius 1 is 1.16 bits per heavy atom. The second-order valence-electron chi connectivity index (χ2n) is 5.41. The summed E-state index contributed by atoms with van der Waals surface area (Å²) < 4.78 is 0. The minimum Gasteiger partial charge on any atom is -0.350 e. The molecule has 0 spiro atoms. The van der Waals surface area contributed by atoms with Crippen LogP contribution in [0.3, 0.4) is 0 Å². The highest BCUT2D eigenvalue weighted by Crippen LogP contribution is 2.13. The van der Waals surface area contributed by atoms with Crippen LogP contribution in [0.1, 0.15) is 50.8 Å². The van der Waals surface area contributed by atoms with Crippen LogP contribution in [0.5, 0.6) is 0 Å². The van der Waals surface area contributed by atoms with E-state index >= 15 is 0 Å². The van der Waals surface area contributed by atoms with Crippen LogP contribution in [0, 0.1) is 6.92 Å². The van der Waals surface area contributed by atoms with Gasteiger partial charge in [0, 0.05) is 12.5 Å². The van der Waals surface area contributed by atoms with Gasteiger partial charge in [0.05, 0.1) is 6.04 Å². The van der Waals surface area contributed by atoms with Crippen molar-refractivity contribution >= 4 is 5.91 Å². The molecule has 1 unspecified atom stereocenters. The normalized spacial score (nSPS) is 12.5. The SMILES string of the molecule is Cc1ccc(C(C)NC(=O)CCCNC(C)C)cc1. The summed E-state index contributed by atoms with van der Waals surface area (Å²) in [7, 11) is 0. The average Bonchev–Trinajstić information content (AvgIpc) is 2.35. The Labute approximate surface area is 116 Å². The number of nitrogens with one attached hydrogen (secondary N) is 2. The summed E-state index contributed by atoms with van der Waals surface area (Å²) in [5.41, 5.74) is 2.39. The lowest BCUT2D eigenvalue weighted by Crippen LogP contribution is -2.28. The second-order valence-corrected chi connectivity index (χ2v) is 5.41. The van der Waals surface area contributed by atoms with E-state index in [4.69, 9.17) is 0 Å². The van der Waals surface area contributed by atoms with Gasteiger partial charge in [-0.15, -0.1) is 0 Å². The lowest BCUT2D eigenvalue weighted by molar-refractivity contribution is -0.121. The van der Waals surface area contributed by atoms with E-state index in [2.05, 4.69) is 55.7 Å². The largest absolute Gasteiger partial charge is 0.350 e. The zero-order valence-electron chi connectivity index (χ0n) is 12.5. The molecule has 3 nitrogen and oxygen atoms in total. The number of carbonyl (C=O) groups excluding carboxylic acids is 1. The van der Waals surface area contributed by atoms with Crippen LogP contribution in [-0.4, -0.2) is 18.5 Å². The lowest BCUT2D eigenvalue weighted by atomic mass is 10.1. The van der Waals surface area contributed by atoms with Crippen molar-refractivity contribution in [3.63, 3.8) is 0 Å². The Balaban J connectivity index is 2.29. The van der Waals surface area contributed by atoms with Gasteiger partial charge in [-0.05, 0) is 32.4 Å². The number of aryl methyl sites for hydroxylation is 1. The van der Waals surface area contributed by atoms with Gasteiger partial charge in [0.1, 0.15) is 0 Å². The number of rotatable bonds is 7. The number of amides is 1. The van der Waals surface area contributed by atoms with Gasteiger partial charge in [0.2, 0.25) is 5.91 Å². The average molecular weight is 262 g/mol. The maximum absolute atomic E-state index is 11.8. The maximum atomic E-state index is 11.8. The molecule has 1 rings (SSSR count). The molecule has 0 bridgehead atoms. The van der Waals surface area contributed by atoms with Crippen LogP contribution in [0.2, 0.25) is 0 Å². The van der Waals surface area contributed by atoms with Crippen molar-refractivity contribution in [1.29, 1.82) is 0 Å². The third kappa shape index (κ3) is 6.39. The molecule has 0 heterocycles. The predicted molar refractivity (Wildman–Crippen MR) is 80.1 cm³/mol. The van der Waals surface area contributed by atoms with Crippen molar-refractivity contribution in [2.24, 2.45) is 0 Å². The molecule has 0 aromatic heterocycles. The third-order valence-electron chi connectivity index (χ3n) is 3.09. The van der Waals surface area contributed by atoms with Crippen molar-refractivity contribution in [2.75, 3.05) is 6.54 Å². The molecule has 0 fully saturated rings. The maximum Gasteiger partial charge on any atom is 0.220 e. The summed E-state index contributed by atoms with van der Waals surface area (Å²) >= 11 is 0. The lowest BCUT2D eigenvalue weighted by Gasteiger charge is -2.15. The van der Waals surface area contributed by atoms with Gasteiger partial charge in [-0.25, -0.2) is 0 Å². The molecule has 1 atom stereocenters. The zero-order chi connectivity index (χ0) is 14.3. The summed E-state index contributed by atoms with van der Waals surface area (Å²) in [6, 6.07) is 8.84. The van der Waals surface area contributed by atoms with Gasteiger partial charge in [-0.1, -0.05) is 43.7 Å². The van der Waals surface area contributed by atoms with Crippen LogP contribution in [-0.2, 0) is 4.79 Å². The van der Waals surface area contributed by atoms with E-state index < -0.39 is 0 Å². The van der Waals surface area contributed by atoms with Gasteiger partial charge in [0.15, 0.2) is 0 Å². The van der Waals surface area contributed by atoms with Crippen LogP contribution in [0.4, 0.5) is 0 Å². The van der Waals surface area contributed by atoms with E-state index in [9.17, 15) is 4.79 Å². The highest BCUT2D eigenvalue weighted by Gasteiger charge is 2.08. The van der Waals surface area contributed by atoms with Crippen molar-refractivity contribution in [2.45, 2.75) is 52.6 Å². The molecule has 2 N–H and O–H groups in total. The molecule has 0 saturated carbocycles. The molecule has 1 aromatic rings. The fraction of sp³-hybridized carbons (Fsp3) is 0.562. The topological polar surface area (TPSA) is 41.1 Å². The van der Waals surface area contributed by atoms with Gasteiger partial charge >= 0.3 is 0 Å². The van der Waals surface area contributed by atoms with E-state index in [1.807, 2.05) is 6.92 Å². The van der Waals surface area contributed by atoms with E-state index in [0.29, 0.717) is 12.5 Å². The van der Waals surface area contributed by atoms with Crippen molar-refractivity contribution in [3.05, 3.63) is 35.4 Å². The Hall–Kier alpha value is -1.35. The van der Waals surface area contributed by atoms with E-state index in [1.54, 1.807) is 0 Å². The van der Waals surface area contributed by atoms with Crippen LogP contribution in [0.25, 0.3) is 0 Å². The molecule has 106 valence electrons. The van der Waals surface area contributed by atoms with Gasteiger partial charge in [0.25, 0.3) is 0 Å². The van der Waals surface area contributed by atoms with Crippen LogP contribution in [0.15, 0.2) is 24.3 Å². The standard InChI is InChI=1S/C16H26N2O/c1-12(2)17-11-5-6-16(19)18-14(4)15-9-7-13(3)8-10-15/h7-10,12,14,17H,5-6,11H2,1-4H3,(H,18,19). The molecule has 1 aromatic carbocycles. The first-order valence-electron chi connectivity index (χ1n) is 7.08. The first-order chi connectivity index (χ1) is 8.99.